The van der Waals surface area contributed by atoms with Gasteiger partial charge in [0.05, 0.1) is 83.8 Å². The Hall–Kier alpha value is -4.07. The molecule has 0 radical (unpaired) electrons. The molecule has 16 nitrogen and oxygen atoms in total. The summed E-state index contributed by atoms with van der Waals surface area (Å²) < 4.78 is 71.6. The molecule has 0 aliphatic carbocycles. The van der Waals surface area contributed by atoms with Gasteiger partial charge >= 0.3 is 0 Å². The van der Waals surface area contributed by atoms with E-state index < -0.39 is 34.7 Å². The minimum Gasteiger partial charge on any atom is -0.497 e. The van der Waals surface area contributed by atoms with E-state index in [1.165, 1.54) is 19.2 Å². The first kappa shape index (κ1) is 42.1. The summed E-state index contributed by atoms with van der Waals surface area (Å²) in [5.74, 6) is -0.551. The molecular formula is C38H52N4O12S. The van der Waals surface area contributed by atoms with Crippen molar-refractivity contribution in [1.29, 1.82) is 0 Å². The van der Waals surface area contributed by atoms with Gasteiger partial charge in [-0.2, -0.15) is 4.31 Å². The fourth-order valence-corrected chi connectivity index (χ4v) is 7.77. The van der Waals surface area contributed by atoms with Crippen LogP contribution in [0.2, 0.25) is 0 Å². The van der Waals surface area contributed by atoms with Crippen LogP contribution in [0.1, 0.15) is 23.6 Å². The van der Waals surface area contributed by atoms with E-state index in [1.807, 2.05) is 37.3 Å². The summed E-state index contributed by atoms with van der Waals surface area (Å²) in [4.78, 5) is 30.0. The van der Waals surface area contributed by atoms with Gasteiger partial charge in [0.15, 0.2) is 5.76 Å². The summed E-state index contributed by atoms with van der Waals surface area (Å²) in [6, 6.07) is 15.2. The summed E-state index contributed by atoms with van der Waals surface area (Å²) in [6.07, 6.45) is 0.804. The largest absolute Gasteiger partial charge is 0.497 e. The molecule has 302 valence electrons. The zero-order chi connectivity index (χ0) is 39.2. The van der Waals surface area contributed by atoms with Gasteiger partial charge in [-0.1, -0.05) is 18.2 Å². The number of allylic oxidation sites excluding steroid dienone is 1. The van der Waals surface area contributed by atoms with Gasteiger partial charge in [0, 0.05) is 56.8 Å². The van der Waals surface area contributed by atoms with E-state index in [0.717, 1.165) is 4.31 Å². The first-order chi connectivity index (χ1) is 26.6. The van der Waals surface area contributed by atoms with Crippen molar-refractivity contribution in [2.24, 2.45) is 7.05 Å². The summed E-state index contributed by atoms with van der Waals surface area (Å²) in [5.41, 5.74) is 1.60. The number of carbonyl (C=O) groups excluding carboxylic acids is 1. The Morgan fingerprint density at radius 3 is 2.07 bits per heavy atom. The number of amides is 1. The number of methoxy groups -OCH3 is 1. The Bertz CT molecular complexity index is 1850. The molecule has 0 bridgehead atoms. The van der Waals surface area contributed by atoms with Crippen LogP contribution in [0.5, 0.6) is 5.75 Å². The Kier molecular flexibility index (Phi) is 15.9. The Labute approximate surface area is 321 Å². The zero-order valence-electron chi connectivity index (χ0n) is 31.7. The average Bonchev–Trinajstić information content (AvgIpc) is 3.41. The van der Waals surface area contributed by atoms with Crippen LogP contribution in [-0.2, 0) is 50.3 Å². The molecule has 0 unspecified atom stereocenters. The third-order valence-corrected chi connectivity index (χ3v) is 11.3. The van der Waals surface area contributed by atoms with Crippen LogP contribution in [0.15, 0.2) is 76.1 Å². The van der Waals surface area contributed by atoms with Gasteiger partial charge in [0.1, 0.15) is 5.75 Å². The Morgan fingerprint density at radius 1 is 0.891 bits per heavy atom. The van der Waals surface area contributed by atoms with Gasteiger partial charge in [0.25, 0.3) is 11.5 Å². The lowest BCUT2D eigenvalue weighted by Crippen LogP contribution is -2.41. The number of aliphatic hydroxyl groups excluding tert-OH is 1. The number of aliphatic hydroxyl groups is 1. The van der Waals surface area contributed by atoms with Crippen molar-refractivity contribution in [3.63, 3.8) is 0 Å². The fourth-order valence-electron chi connectivity index (χ4n) is 6.36. The number of benzene rings is 2. The monoisotopic (exact) mass is 788 g/mol. The number of para-hydroxylation sites is 1. The molecule has 55 heavy (non-hydrogen) atoms. The van der Waals surface area contributed by atoms with Crippen molar-refractivity contribution in [1.82, 2.24) is 18.6 Å². The number of rotatable bonds is 12. The summed E-state index contributed by atoms with van der Waals surface area (Å²) >= 11 is 0. The lowest BCUT2D eigenvalue weighted by atomic mass is 9.93. The predicted octanol–water partition coefficient (Wildman–Crippen LogP) is 1.82. The van der Waals surface area contributed by atoms with E-state index in [4.69, 9.17) is 33.2 Å². The number of nitrogens with zero attached hydrogens (tertiary/aromatic N) is 4. The van der Waals surface area contributed by atoms with Crippen molar-refractivity contribution >= 4 is 15.9 Å². The molecule has 1 amide bonds. The van der Waals surface area contributed by atoms with Gasteiger partial charge in [-0.05, 0) is 49.4 Å². The Morgan fingerprint density at radius 2 is 1.49 bits per heavy atom. The smallest absolute Gasteiger partial charge is 0.288 e. The normalized spacial score (nSPS) is 19.6. The van der Waals surface area contributed by atoms with Crippen molar-refractivity contribution in [2.75, 3.05) is 99.4 Å². The van der Waals surface area contributed by atoms with E-state index >= 15 is 0 Å². The van der Waals surface area contributed by atoms with Crippen LogP contribution in [0, 0.1) is 6.92 Å². The molecule has 1 fully saturated rings. The SMILES string of the molecule is COc1ccc(S(=O)(=O)N(CCO)CCO[C@H]2C[C@@H](c3c(C)n(C)n(-c4ccccc4)c3=O)C=C(C(=O)N3CCOCCOCCOCCOCC3)O2)cc1. The van der Waals surface area contributed by atoms with Crippen LogP contribution in [0.4, 0.5) is 0 Å². The highest BCUT2D eigenvalue weighted by Crippen LogP contribution is 2.33. The zero-order valence-corrected chi connectivity index (χ0v) is 32.5. The number of sulfonamides is 1. The molecule has 3 heterocycles. The third kappa shape index (κ3) is 11.0. The van der Waals surface area contributed by atoms with Crippen LogP contribution in [-0.4, -0.2) is 144 Å². The molecule has 0 spiro atoms. The van der Waals surface area contributed by atoms with Crippen molar-refractivity contribution < 1.29 is 51.5 Å². The minimum absolute atomic E-state index is 0.0159. The predicted molar refractivity (Wildman–Crippen MR) is 201 cm³/mol. The van der Waals surface area contributed by atoms with Crippen molar-refractivity contribution in [2.45, 2.75) is 30.4 Å². The van der Waals surface area contributed by atoms with E-state index in [1.54, 1.807) is 39.5 Å². The Balaban J connectivity index is 1.40. The molecule has 1 N–H and O–H groups in total. The molecule has 2 atom stereocenters. The fraction of sp³-hybridized carbons (Fsp3) is 0.526. The maximum Gasteiger partial charge on any atom is 0.288 e. The molecule has 0 saturated carbocycles. The van der Waals surface area contributed by atoms with Crippen molar-refractivity contribution in [3.8, 4) is 11.4 Å². The number of hydrogen-bond acceptors (Lipinski definition) is 12. The molecule has 3 aromatic rings. The van der Waals surface area contributed by atoms with Gasteiger partial charge in [-0.15, -0.1) is 0 Å². The quantitative estimate of drug-likeness (QED) is 0.283. The third-order valence-electron chi connectivity index (χ3n) is 9.34. The molecule has 2 aliphatic rings. The van der Waals surface area contributed by atoms with Crippen LogP contribution < -0.4 is 10.3 Å². The van der Waals surface area contributed by atoms with Gasteiger partial charge < -0.3 is 43.2 Å². The first-order valence-electron chi connectivity index (χ1n) is 18.3. The number of ether oxygens (including phenoxy) is 7. The van der Waals surface area contributed by atoms with Crippen LogP contribution in [0.3, 0.4) is 0 Å². The van der Waals surface area contributed by atoms with E-state index in [2.05, 4.69) is 0 Å². The van der Waals surface area contributed by atoms with Gasteiger partial charge in [-0.3, -0.25) is 14.3 Å². The first-order valence-corrected chi connectivity index (χ1v) is 19.8. The second kappa shape index (κ2) is 20.7. The van der Waals surface area contributed by atoms with Gasteiger partial charge in [-0.25, -0.2) is 13.1 Å². The van der Waals surface area contributed by atoms with Crippen LogP contribution in [0.25, 0.3) is 5.69 Å². The molecular weight excluding hydrogens is 737 g/mol. The maximum absolute atomic E-state index is 14.2. The topological polar surface area (TPSA) is 169 Å². The van der Waals surface area contributed by atoms with E-state index in [0.29, 0.717) is 62.3 Å². The van der Waals surface area contributed by atoms with Crippen molar-refractivity contribution in [3.05, 3.63) is 88.0 Å². The van der Waals surface area contributed by atoms with Gasteiger partial charge in [0.2, 0.25) is 16.3 Å². The molecule has 1 aromatic heterocycles. The molecule has 1 saturated heterocycles. The summed E-state index contributed by atoms with van der Waals surface area (Å²) in [7, 11) is -0.722. The second-order valence-electron chi connectivity index (χ2n) is 12.8. The summed E-state index contributed by atoms with van der Waals surface area (Å²) in [5, 5.41) is 9.75. The minimum atomic E-state index is -4.01. The summed E-state index contributed by atoms with van der Waals surface area (Å²) in [6.45, 7) is 4.31. The van der Waals surface area contributed by atoms with E-state index in [9.17, 15) is 23.1 Å². The number of carbonyl (C=O) groups is 1. The molecule has 5 rings (SSSR count). The highest BCUT2D eigenvalue weighted by atomic mass is 32.2. The lowest BCUT2D eigenvalue weighted by Gasteiger charge is -2.32. The number of hydrogen-bond donors (Lipinski definition) is 1. The highest BCUT2D eigenvalue weighted by Gasteiger charge is 2.35. The number of aromatic nitrogens is 2. The lowest BCUT2D eigenvalue weighted by molar-refractivity contribution is -0.153. The van der Waals surface area contributed by atoms with E-state index in [-0.39, 0.29) is 68.6 Å². The molecule has 2 aliphatic heterocycles. The second-order valence-corrected chi connectivity index (χ2v) is 14.7. The standard InChI is InChI=1S/C38H52N4O12S/c1-29-36(38(45)42(39(29)2)31-7-5-4-6-8-31)30-27-34(37(44)40-14-18-49-21-23-51-25-26-52-24-22-50-19-15-40)54-35(28-30)53-20-16-41(13-17-43)55(46,47)33-11-9-32(48-3)10-12-33/h4-12,27,30,35,43H,13-26,28H2,1-3H3/t30-,35+/m0/s1. The molecule has 17 heteroatoms. The van der Waals surface area contributed by atoms with Crippen LogP contribution >= 0.6 is 0 Å². The average molecular weight is 789 g/mol. The maximum atomic E-state index is 14.2. The highest BCUT2D eigenvalue weighted by molar-refractivity contribution is 7.89. The molecule has 2 aromatic carbocycles.